The summed E-state index contributed by atoms with van der Waals surface area (Å²) in [7, 11) is 5.17. The predicted molar refractivity (Wildman–Crippen MR) is 207 cm³/mol. The highest BCUT2D eigenvalue weighted by Gasteiger charge is 2.42. The van der Waals surface area contributed by atoms with Crippen molar-refractivity contribution in [3.05, 3.63) is 185 Å². The van der Waals surface area contributed by atoms with Gasteiger partial charge in [-0.3, -0.25) is 0 Å². The summed E-state index contributed by atoms with van der Waals surface area (Å²) < 4.78 is 17.0. The first-order valence-corrected chi connectivity index (χ1v) is 17.5. The van der Waals surface area contributed by atoms with E-state index in [9.17, 15) is 0 Å². The molecule has 0 aliphatic carbocycles. The minimum Gasteiger partial charge on any atom is -0.497 e. The maximum Gasteiger partial charge on any atom is 0.119 e. The van der Waals surface area contributed by atoms with Crippen molar-refractivity contribution in [3.63, 3.8) is 0 Å². The zero-order valence-electron chi connectivity index (χ0n) is 30.3. The predicted octanol–water partition coefficient (Wildman–Crippen LogP) is 11.4. The van der Waals surface area contributed by atoms with E-state index < -0.39 is 10.8 Å². The fourth-order valence-corrected chi connectivity index (χ4v) is 8.21. The van der Waals surface area contributed by atoms with Crippen LogP contribution in [0, 0.1) is 11.8 Å². The van der Waals surface area contributed by atoms with Gasteiger partial charge in [-0.1, -0.05) is 143 Å². The molecule has 0 aliphatic heterocycles. The van der Waals surface area contributed by atoms with Crippen molar-refractivity contribution in [1.82, 2.24) is 0 Å². The number of methoxy groups -OCH3 is 3. The van der Waals surface area contributed by atoms with Gasteiger partial charge in [0.2, 0.25) is 0 Å². The topological polar surface area (TPSA) is 27.7 Å². The number of ether oxygens (including phenoxy) is 3. The van der Waals surface area contributed by atoms with Gasteiger partial charge in [-0.15, -0.1) is 0 Å². The molecule has 6 aromatic carbocycles. The summed E-state index contributed by atoms with van der Waals surface area (Å²) >= 11 is 0. The van der Waals surface area contributed by atoms with Crippen LogP contribution in [-0.4, -0.2) is 21.3 Å². The second kappa shape index (κ2) is 14.7. The van der Waals surface area contributed by atoms with E-state index in [2.05, 4.69) is 179 Å². The highest BCUT2D eigenvalue weighted by molar-refractivity contribution is 5.74. The van der Waals surface area contributed by atoms with Crippen molar-refractivity contribution < 1.29 is 14.2 Å². The van der Waals surface area contributed by atoms with Crippen LogP contribution in [0.1, 0.15) is 61.1 Å². The largest absolute Gasteiger partial charge is 0.497 e. The second-order valence-corrected chi connectivity index (χ2v) is 13.6. The van der Waals surface area contributed by atoms with Gasteiger partial charge in [-0.05, 0) is 92.7 Å². The summed E-state index contributed by atoms with van der Waals surface area (Å²) in [4.78, 5) is 0. The Morgan fingerprint density at radius 2 is 0.740 bits per heavy atom. The van der Waals surface area contributed by atoms with E-state index in [0.29, 0.717) is 0 Å². The van der Waals surface area contributed by atoms with Gasteiger partial charge in [0, 0.05) is 10.8 Å². The van der Waals surface area contributed by atoms with Crippen molar-refractivity contribution >= 4 is 0 Å². The average molecular weight is 661 g/mol. The Morgan fingerprint density at radius 1 is 0.380 bits per heavy atom. The van der Waals surface area contributed by atoms with E-state index in [1.54, 1.807) is 21.3 Å². The molecule has 0 saturated heterocycles. The highest BCUT2D eigenvalue weighted by atomic mass is 16.5. The number of hydrogen-bond acceptors (Lipinski definition) is 3. The number of hydrogen-bond donors (Lipinski definition) is 0. The lowest BCUT2D eigenvalue weighted by Crippen LogP contribution is -2.36. The van der Waals surface area contributed by atoms with Crippen molar-refractivity contribution in [2.75, 3.05) is 21.3 Å². The lowest BCUT2D eigenvalue weighted by atomic mass is 9.61. The Morgan fingerprint density at radius 3 is 1.12 bits per heavy atom. The fraction of sp³-hybridized carbons (Fsp3) is 0.234. The molecule has 0 bridgehead atoms. The Balaban J connectivity index is 1.59. The summed E-state index contributed by atoms with van der Waals surface area (Å²) in [5.74, 6) is 2.99. The Hall–Kier alpha value is -5.28. The van der Waals surface area contributed by atoms with Gasteiger partial charge in [0.05, 0.1) is 21.3 Å². The first-order valence-electron chi connectivity index (χ1n) is 17.5. The molecule has 3 heteroatoms. The van der Waals surface area contributed by atoms with Gasteiger partial charge < -0.3 is 14.2 Å². The van der Waals surface area contributed by atoms with Gasteiger partial charge in [0.1, 0.15) is 17.2 Å². The molecule has 0 heterocycles. The summed E-state index contributed by atoms with van der Waals surface area (Å²) in [5.41, 5.74) is 8.88. The summed E-state index contributed by atoms with van der Waals surface area (Å²) in [5, 5.41) is 0. The molecule has 6 rings (SSSR count). The van der Waals surface area contributed by atoms with Crippen molar-refractivity contribution in [2.24, 2.45) is 11.8 Å². The third-order valence-electron chi connectivity index (χ3n) is 10.6. The normalized spacial score (nSPS) is 11.9. The molecular formula is C47H48O3. The lowest BCUT2D eigenvalue weighted by Gasteiger charge is -2.41. The molecule has 0 fully saturated rings. The standard InChI is InChI=1S/C47H48O3/c1-33(2)46(39-22-26-41(48-5)27-23-39,40-24-28-42(49-6)29-25-40)38-20-18-35(19-21-38)44-32-43(50-7)30-31-45(44)47(34(3)4,36-14-10-8-11-15-36)37-16-12-9-13-17-37/h8-34H,1-7H3. The van der Waals surface area contributed by atoms with Crippen LogP contribution in [0.5, 0.6) is 17.2 Å². The maximum atomic E-state index is 5.86. The molecule has 0 spiro atoms. The van der Waals surface area contributed by atoms with Crippen LogP contribution in [0.15, 0.2) is 152 Å². The first-order chi connectivity index (χ1) is 24.3. The van der Waals surface area contributed by atoms with E-state index in [4.69, 9.17) is 14.2 Å². The third-order valence-corrected chi connectivity index (χ3v) is 10.6. The molecule has 0 amide bonds. The monoisotopic (exact) mass is 660 g/mol. The quantitative estimate of drug-likeness (QED) is 0.122. The zero-order chi connectivity index (χ0) is 35.3. The molecule has 6 aromatic rings. The molecule has 254 valence electrons. The second-order valence-electron chi connectivity index (χ2n) is 13.6. The van der Waals surface area contributed by atoms with Crippen LogP contribution in [-0.2, 0) is 10.8 Å². The molecule has 50 heavy (non-hydrogen) atoms. The van der Waals surface area contributed by atoms with Crippen molar-refractivity contribution in [1.29, 1.82) is 0 Å². The number of benzene rings is 6. The first kappa shape index (κ1) is 34.6. The molecule has 0 aliphatic rings. The molecule has 0 radical (unpaired) electrons. The smallest absolute Gasteiger partial charge is 0.119 e. The third kappa shape index (κ3) is 5.96. The van der Waals surface area contributed by atoms with Gasteiger partial charge in [-0.2, -0.15) is 0 Å². The van der Waals surface area contributed by atoms with E-state index in [1.165, 1.54) is 33.4 Å². The van der Waals surface area contributed by atoms with Gasteiger partial charge in [0.25, 0.3) is 0 Å². The molecule has 0 aromatic heterocycles. The van der Waals surface area contributed by atoms with E-state index in [-0.39, 0.29) is 11.8 Å². The van der Waals surface area contributed by atoms with Crippen LogP contribution in [0.2, 0.25) is 0 Å². The van der Waals surface area contributed by atoms with E-state index >= 15 is 0 Å². The Bertz CT molecular complexity index is 1890. The van der Waals surface area contributed by atoms with Gasteiger partial charge >= 0.3 is 0 Å². The maximum absolute atomic E-state index is 5.86. The van der Waals surface area contributed by atoms with Crippen LogP contribution < -0.4 is 14.2 Å². The van der Waals surface area contributed by atoms with Crippen LogP contribution in [0.25, 0.3) is 11.1 Å². The van der Waals surface area contributed by atoms with E-state index in [0.717, 1.165) is 28.4 Å². The molecule has 0 unspecified atom stereocenters. The molecular weight excluding hydrogens is 613 g/mol. The Labute approximate surface area is 298 Å². The molecule has 0 saturated carbocycles. The Kier molecular flexibility index (Phi) is 10.2. The number of rotatable bonds is 12. The van der Waals surface area contributed by atoms with Gasteiger partial charge in [-0.25, -0.2) is 0 Å². The van der Waals surface area contributed by atoms with Crippen LogP contribution in [0.4, 0.5) is 0 Å². The fourth-order valence-electron chi connectivity index (χ4n) is 8.21. The zero-order valence-corrected chi connectivity index (χ0v) is 30.3. The minimum atomic E-state index is -0.427. The summed E-state index contributed by atoms with van der Waals surface area (Å²) in [6, 6.07) is 54.7. The van der Waals surface area contributed by atoms with Gasteiger partial charge in [0.15, 0.2) is 0 Å². The summed E-state index contributed by atoms with van der Waals surface area (Å²) in [6.07, 6.45) is 0. The van der Waals surface area contributed by atoms with Crippen molar-refractivity contribution in [3.8, 4) is 28.4 Å². The van der Waals surface area contributed by atoms with Crippen LogP contribution in [0.3, 0.4) is 0 Å². The molecule has 3 nitrogen and oxygen atoms in total. The van der Waals surface area contributed by atoms with Crippen molar-refractivity contribution in [2.45, 2.75) is 38.5 Å². The minimum absolute atomic E-state index is 0.229. The SMILES string of the molecule is COc1ccc(C(c2ccc(OC)cc2)(c2ccc(-c3cc(OC)ccc3C(c3ccccc3)(c3ccccc3)C(C)C)cc2)C(C)C)cc1. The lowest BCUT2D eigenvalue weighted by molar-refractivity contribution is 0.409. The van der Waals surface area contributed by atoms with E-state index in [1.807, 2.05) is 0 Å². The van der Waals surface area contributed by atoms with Crippen LogP contribution >= 0.6 is 0 Å². The summed E-state index contributed by atoms with van der Waals surface area (Å²) in [6.45, 7) is 9.27. The molecule has 0 N–H and O–H groups in total. The molecule has 0 atom stereocenters. The average Bonchev–Trinajstić information content (AvgIpc) is 3.17. The highest BCUT2D eigenvalue weighted by Crippen LogP contribution is 2.50.